The number of hydrogen-bond acceptors (Lipinski definition) is 4. The highest BCUT2D eigenvalue weighted by molar-refractivity contribution is 7.54. The van der Waals surface area contributed by atoms with Gasteiger partial charge in [0.15, 0.2) is 5.78 Å². The standard InChI is InChI=1S/C29H27ClNO3P/c30-26-15-17-27(18-16-26)31-20-19-25-13-7-8-14-28(25)29(31)35(32,33-21-23-9-3-1-4-10-23)34-22-24-11-5-2-6-12-24/h1-18,29H,19-22H2/t29-/m0/s1. The van der Waals surface area contributed by atoms with Crippen molar-refractivity contribution in [2.45, 2.75) is 25.4 Å². The van der Waals surface area contributed by atoms with Crippen LogP contribution in [0.2, 0.25) is 5.02 Å². The molecule has 0 aliphatic carbocycles. The second kappa shape index (κ2) is 10.8. The lowest BCUT2D eigenvalue weighted by Gasteiger charge is -2.41. The van der Waals surface area contributed by atoms with Gasteiger partial charge in [-0.2, -0.15) is 0 Å². The van der Waals surface area contributed by atoms with Crippen molar-refractivity contribution in [1.29, 1.82) is 0 Å². The highest BCUT2D eigenvalue weighted by Gasteiger charge is 2.44. The normalized spacial score (nSPS) is 15.6. The van der Waals surface area contributed by atoms with Crippen molar-refractivity contribution in [3.63, 3.8) is 0 Å². The summed E-state index contributed by atoms with van der Waals surface area (Å²) >= 11 is 6.17. The smallest absolute Gasteiger partial charge is 0.353 e. The average molecular weight is 504 g/mol. The Kier molecular flexibility index (Phi) is 7.36. The van der Waals surface area contributed by atoms with Crippen molar-refractivity contribution in [2.24, 2.45) is 0 Å². The molecule has 1 heterocycles. The molecule has 1 aliphatic rings. The molecule has 178 valence electrons. The third-order valence-corrected chi connectivity index (χ3v) is 8.60. The van der Waals surface area contributed by atoms with E-state index in [1.54, 1.807) is 0 Å². The first-order valence-electron chi connectivity index (χ1n) is 11.7. The zero-order valence-corrected chi connectivity index (χ0v) is 20.9. The second-order valence-corrected chi connectivity index (χ2v) is 11.1. The van der Waals surface area contributed by atoms with Gasteiger partial charge in [0, 0.05) is 17.3 Å². The summed E-state index contributed by atoms with van der Waals surface area (Å²) in [5, 5.41) is 0.659. The van der Waals surface area contributed by atoms with Crippen LogP contribution in [0.25, 0.3) is 0 Å². The van der Waals surface area contributed by atoms with Gasteiger partial charge in [0.1, 0.15) is 0 Å². The fourth-order valence-electron chi connectivity index (χ4n) is 4.44. The van der Waals surface area contributed by atoms with E-state index in [-0.39, 0.29) is 13.2 Å². The third-order valence-electron chi connectivity index (χ3n) is 6.22. The molecule has 4 aromatic rings. The van der Waals surface area contributed by atoms with E-state index in [1.165, 1.54) is 0 Å². The number of benzene rings is 4. The molecule has 0 amide bonds. The Morgan fingerprint density at radius 1 is 0.743 bits per heavy atom. The predicted molar refractivity (Wildman–Crippen MR) is 142 cm³/mol. The van der Waals surface area contributed by atoms with Crippen molar-refractivity contribution < 1.29 is 13.6 Å². The summed E-state index contributed by atoms with van der Waals surface area (Å²) in [6, 6.07) is 35.3. The van der Waals surface area contributed by atoms with Crippen LogP contribution in [0.1, 0.15) is 28.0 Å². The third kappa shape index (κ3) is 5.52. The molecule has 0 aromatic heterocycles. The van der Waals surface area contributed by atoms with Crippen LogP contribution in [0.5, 0.6) is 0 Å². The van der Waals surface area contributed by atoms with E-state index in [2.05, 4.69) is 11.0 Å². The van der Waals surface area contributed by atoms with Gasteiger partial charge in [-0.05, 0) is 52.9 Å². The van der Waals surface area contributed by atoms with Crippen molar-refractivity contribution >= 4 is 24.9 Å². The number of anilines is 1. The molecule has 0 fully saturated rings. The molecule has 5 rings (SSSR count). The maximum Gasteiger partial charge on any atom is 0.358 e. The van der Waals surface area contributed by atoms with Gasteiger partial charge in [-0.3, -0.25) is 4.57 Å². The summed E-state index contributed by atoms with van der Waals surface area (Å²) < 4.78 is 27.4. The number of halogens is 1. The Morgan fingerprint density at radius 3 is 1.89 bits per heavy atom. The molecule has 0 N–H and O–H groups in total. The molecular formula is C29H27ClNO3P. The molecule has 1 aliphatic heterocycles. The summed E-state index contributed by atoms with van der Waals surface area (Å²) in [4.78, 5) is 2.13. The van der Waals surface area contributed by atoms with E-state index >= 15 is 0 Å². The lowest BCUT2D eigenvalue weighted by molar-refractivity contribution is 0.182. The first kappa shape index (κ1) is 23.8. The monoisotopic (exact) mass is 503 g/mol. The highest BCUT2D eigenvalue weighted by atomic mass is 35.5. The second-order valence-electron chi connectivity index (χ2n) is 8.55. The van der Waals surface area contributed by atoms with Crippen molar-refractivity contribution in [1.82, 2.24) is 0 Å². The first-order valence-corrected chi connectivity index (χ1v) is 13.7. The van der Waals surface area contributed by atoms with Gasteiger partial charge < -0.3 is 13.9 Å². The number of rotatable bonds is 8. The minimum Gasteiger partial charge on any atom is -0.353 e. The molecular weight excluding hydrogens is 477 g/mol. The van der Waals surface area contributed by atoms with Crippen LogP contribution in [-0.4, -0.2) is 6.54 Å². The Bertz CT molecular complexity index is 1250. The fraction of sp³-hybridized carbons (Fsp3) is 0.172. The molecule has 0 spiro atoms. The zero-order valence-electron chi connectivity index (χ0n) is 19.3. The highest BCUT2D eigenvalue weighted by Crippen LogP contribution is 2.65. The Balaban J connectivity index is 1.55. The minimum atomic E-state index is -3.70. The van der Waals surface area contributed by atoms with E-state index in [9.17, 15) is 4.57 Å². The number of fused-ring (bicyclic) bond motifs is 1. The maximum absolute atomic E-state index is 14.8. The van der Waals surface area contributed by atoms with E-state index in [0.29, 0.717) is 11.6 Å². The SMILES string of the molecule is O=P(OCc1ccccc1)(OCc1ccccc1)[C@H]1c2ccccc2CCN1c1ccc(Cl)cc1. The Morgan fingerprint density at radius 2 is 1.29 bits per heavy atom. The van der Waals surface area contributed by atoms with Crippen LogP contribution in [-0.2, 0) is 33.2 Å². The fourth-order valence-corrected chi connectivity index (χ4v) is 6.77. The summed E-state index contributed by atoms with van der Waals surface area (Å²) in [6.45, 7) is 1.08. The first-order chi connectivity index (χ1) is 17.1. The van der Waals surface area contributed by atoms with Gasteiger partial charge in [-0.25, -0.2) is 0 Å². The average Bonchev–Trinajstić information content (AvgIpc) is 2.92. The molecule has 1 atom stereocenters. The quantitative estimate of drug-likeness (QED) is 0.228. The van der Waals surface area contributed by atoms with Gasteiger partial charge in [0.25, 0.3) is 0 Å². The van der Waals surface area contributed by atoms with E-state index in [1.807, 2.05) is 103 Å². The van der Waals surface area contributed by atoms with E-state index in [0.717, 1.165) is 34.4 Å². The van der Waals surface area contributed by atoms with Crippen LogP contribution in [0, 0.1) is 0 Å². The van der Waals surface area contributed by atoms with Crippen LogP contribution in [0.4, 0.5) is 5.69 Å². The number of nitrogens with zero attached hydrogens (tertiary/aromatic N) is 1. The largest absolute Gasteiger partial charge is 0.358 e. The molecule has 4 nitrogen and oxygen atoms in total. The lowest BCUT2D eigenvalue weighted by atomic mass is 9.99. The van der Waals surface area contributed by atoms with Gasteiger partial charge in [0.2, 0.25) is 0 Å². The Labute approximate surface area is 211 Å². The van der Waals surface area contributed by atoms with Crippen LogP contribution in [0.15, 0.2) is 109 Å². The van der Waals surface area contributed by atoms with Gasteiger partial charge in [-0.1, -0.05) is 96.5 Å². The molecule has 0 bridgehead atoms. The number of hydrogen-bond donors (Lipinski definition) is 0. The molecule has 4 aromatic carbocycles. The van der Waals surface area contributed by atoms with Crippen LogP contribution < -0.4 is 4.90 Å². The van der Waals surface area contributed by atoms with Gasteiger partial charge in [0.05, 0.1) is 13.2 Å². The van der Waals surface area contributed by atoms with E-state index in [4.69, 9.17) is 20.6 Å². The molecule has 6 heteroatoms. The van der Waals surface area contributed by atoms with Crippen LogP contribution in [0.3, 0.4) is 0 Å². The topological polar surface area (TPSA) is 38.8 Å². The van der Waals surface area contributed by atoms with Gasteiger partial charge >= 0.3 is 7.60 Å². The summed E-state index contributed by atoms with van der Waals surface area (Å²) in [7, 11) is -3.70. The van der Waals surface area contributed by atoms with Crippen molar-refractivity contribution in [3.8, 4) is 0 Å². The summed E-state index contributed by atoms with van der Waals surface area (Å²) in [5.41, 5.74) is 4.95. The Hall–Kier alpha value is -2.88. The van der Waals surface area contributed by atoms with Crippen LogP contribution >= 0.6 is 19.2 Å². The van der Waals surface area contributed by atoms with Gasteiger partial charge in [-0.15, -0.1) is 0 Å². The zero-order chi connectivity index (χ0) is 24.1. The molecule has 0 saturated heterocycles. The molecule has 0 unspecified atom stereocenters. The van der Waals surface area contributed by atoms with Crippen molar-refractivity contribution in [2.75, 3.05) is 11.4 Å². The van der Waals surface area contributed by atoms with E-state index < -0.39 is 13.4 Å². The molecule has 0 saturated carbocycles. The summed E-state index contributed by atoms with van der Waals surface area (Å²) in [5.74, 6) is -0.582. The summed E-state index contributed by atoms with van der Waals surface area (Å²) in [6.07, 6.45) is 0.840. The molecule has 0 radical (unpaired) electrons. The van der Waals surface area contributed by atoms with Crippen molar-refractivity contribution in [3.05, 3.63) is 136 Å². The minimum absolute atomic E-state index is 0.194. The lowest BCUT2D eigenvalue weighted by Crippen LogP contribution is -2.36. The molecule has 35 heavy (non-hydrogen) atoms. The maximum atomic E-state index is 14.8. The predicted octanol–water partition coefficient (Wildman–Crippen LogP) is 8.03.